The third kappa shape index (κ3) is 4.79. The second-order valence-electron chi connectivity index (χ2n) is 5.81. The fraction of sp³-hybridized carbons (Fsp3) is 0.0870. The Morgan fingerprint density at radius 2 is 1.79 bits per heavy atom. The monoisotopic (exact) mass is 393 g/mol. The molecular formula is C23H21F2N3O. The standard InChI is InChI=1S/C23H21F2N3O/c1-4-6-10-15(5-2)19(22(26)20-16(24)11-9-12-17(20)25)21(23(27)29-3)18-13-7-8-14-28-18/h4-14,26-27H,1H2,2-3H3/b10-6-,15-5+,21-19-,26-22?,27-23?. The lowest BCUT2D eigenvalue weighted by atomic mass is 9.88. The molecule has 0 aliphatic heterocycles. The lowest BCUT2D eigenvalue weighted by Gasteiger charge is -2.18. The van der Waals surface area contributed by atoms with Gasteiger partial charge in [0.25, 0.3) is 0 Å². The molecule has 0 fully saturated rings. The van der Waals surface area contributed by atoms with Crippen molar-refractivity contribution < 1.29 is 13.5 Å². The average molecular weight is 393 g/mol. The van der Waals surface area contributed by atoms with E-state index in [0.717, 1.165) is 12.1 Å². The molecule has 1 aromatic heterocycles. The van der Waals surface area contributed by atoms with Gasteiger partial charge in [0.15, 0.2) is 0 Å². The van der Waals surface area contributed by atoms with Crippen molar-refractivity contribution in [1.29, 1.82) is 10.8 Å². The average Bonchev–Trinajstić information content (AvgIpc) is 2.73. The molecule has 1 aromatic carbocycles. The van der Waals surface area contributed by atoms with Crippen LogP contribution in [0.5, 0.6) is 0 Å². The van der Waals surface area contributed by atoms with Crippen LogP contribution in [0, 0.1) is 22.5 Å². The Kier molecular flexibility index (Phi) is 7.48. The molecule has 0 spiro atoms. The molecule has 148 valence electrons. The number of nitrogens with one attached hydrogen (secondary N) is 2. The lowest BCUT2D eigenvalue weighted by molar-refractivity contribution is 0.405. The maximum atomic E-state index is 14.5. The molecule has 29 heavy (non-hydrogen) atoms. The molecule has 6 heteroatoms. The molecule has 0 radical (unpaired) electrons. The summed E-state index contributed by atoms with van der Waals surface area (Å²) in [6.07, 6.45) is 8.01. The number of nitrogens with zero attached hydrogens (tertiary/aromatic N) is 1. The van der Waals surface area contributed by atoms with Crippen LogP contribution in [-0.4, -0.2) is 23.7 Å². The summed E-state index contributed by atoms with van der Waals surface area (Å²) in [7, 11) is 1.31. The predicted molar refractivity (Wildman–Crippen MR) is 112 cm³/mol. The predicted octanol–water partition coefficient (Wildman–Crippen LogP) is 5.49. The molecule has 1 heterocycles. The van der Waals surface area contributed by atoms with Crippen molar-refractivity contribution in [1.82, 2.24) is 4.98 Å². The first kappa shape index (κ1) is 21.6. The Bertz CT molecular complexity index is 1000. The molecule has 2 aromatic rings. The van der Waals surface area contributed by atoms with Crippen molar-refractivity contribution in [3.05, 3.63) is 108 Å². The molecule has 4 nitrogen and oxygen atoms in total. The number of methoxy groups -OCH3 is 1. The van der Waals surface area contributed by atoms with Crippen LogP contribution in [0.3, 0.4) is 0 Å². The molecule has 0 aliphatic rings. The maximum Gasteiger partial charge on any atom is 0.215 e. The van der Waals surface area contributed by atoms with Crippen molar-refractivity contribution in [3.8, 4) is 0 Å². The van der Waals surface area contributed by atoms with Crippen molar-refractivity contribution in [2.75, 3.05) is 7.11 Å². The number of hydrogen-bond donors (Lipinski definition) is 2. The topological polar surface area (TPSA) is 69.8 Å². The summed E-state index contributed by atoms with van der Waals surface area (Å²) in [6.45, 7) is 5.35. The number of rotatable bonds is 7. The zero-order valence-electron chi connectivity index (χ0n) is 16.2. The zero-order chi connectivity index (χ0) is 21.4. The van der Waals surface area contributed by atoms with E-state index in [0.29, 0.717) is 11.3 Å². The van der Waals surface area contributed by atoms with Gasteiger partial charge >= 0.3 is 0 Å². The van der Waals surface area contributed by atoms with Gasteiger partial charge in [-0.15, -0.1) is 0 Å². The summed E-state index contributed by atoms with van der Waals surface area (Å²) < 4.78 is 34.1. The smallest absolute Gasteiger partial charge is 0.215 e. The second-order valence-corrected chi connectivity index (χ2v) is 5.81. The van der Waals surface area contributed by atoms with E-state index in [4.69, 9.17) is 15.6 Å². The van der Waals surface area contributed by atoms with E-state index in [2.05, 4.69) is 11.6 Å². The molecule has 2 rings (SSSR count). The Morgan fingerprint density at radius 3 is 2.31 bits per heavy atom. The minimum atomic E-state index is -0.875. The highest BCUT2D eigenvalue weighted by molar-refractivity contribution is 6.30. The molecule has 0 amide bonds. The Morgan fingerprint density at radius 1 is 1.10 bits per heavy atom. The first-order chi connectivity index (χ1) is 14.0. The molecule has 0 saturated heterocycles. The highest BCUT2D eigenvalue weighted by Crippen LogP contribution is 2.30. The molecular weight excluding hydrogens is 372 g/mol. The van der Waals surface area contributed by atoms with Gasteiger partial charge in [-0.3, -0.25) is 15.8 Å². The van der Waals surface area contributed by atoms with E-state index in [9.17, 15) is 8.78 Å². The lowest BCUT2D eigenvalue weighted by Crippen LogP contribution is -2.17. The third-order valence-corrected chi connectivity index (χ3v) is 4.08. The quantitative estimate of drug-likeness (QED) is 0.371. The molecule has 0 unspecified atom stereocenters. The number of hydrogen-bond acceptors (Lipinski definition) is 4. The number of pyridine rings is 1. The fourth-order valence-corrected chi connectivity index (χ4v) is 2.74. The van der Waals surface area contributed by atoms with Crippen molar-refractivity contribution in [3.63, 3.8) is 0 Å². The van der Waals surface area contributed by atoms with Gasteiger partial charge in [-0.2, -0.15) is 0 Å². The zero-order valence-corrected chi connectivity index (χ0v) is 16.2. The highest BCUT2D eigenvalue weighted by atomic mass is 19.1. The van der Waals surface area contributed by atoms with Gasteiger partial charge in [-0.25, -0.2) is 8.78 Å². The largest absolute Gasteiger partial charge is 0.481 e. The number of allylic oxidation sites excluding steroid dienone is 6. The van der Waals surface area contributed by atoms with Crippen LogP contribution in [0.2, 0.25) is 0 Å². The van der Waals surface area contributed by atoms with E-state index in [1.165, 1.54) is 25.4 Å². The maximum absolute atomic E-state index is 14.5. The normalized spacial score (nSPS) is 12.5. The number of benzene rings is 1. The van der Waals surface area contributed by atoms with E-state index in [1.807, 2.05) is 0 Å². The van der Waals surface area contributed by atoms with Gasteiger partial charge in [-0.05, 0) is 36.8 Å². The third-order valence-electron chi connectivity index (χ3n) is 4.08. The van der Waals surface area contributed by atoms with E-state index >= 15 is 0 Å². The van der Waals surface area contributed by atoms with Gasteiger partial charge in [0.1, 0.15) is 11.6 Å². The summed E-state index contributed by atoms with van der Waals surface area (Å²) in [5, 5.41) is 17.0. The first-order valence-corrected chi connectivity index (χ1v) is 8.73. The summed E-state index contributed by atoms with van der Waals surface area (Å²) in [5.74, 6) is -2.04. The van der Waals surface area contributed by atoms with E-state index in [1.54, 1.807) is 43.4 Å². The SMILES string of the molecule is C=C\C=C/C(=C\C)C(/C(=N)c1c(F)cccc1F)=C(/C(=N)OC)c1ccccn1. The summed E-state index contributed by atoms with van der Waals surface area (Å²) in [4.78, 5) is 4.25. The molecule has 0 saturated carbocycles. The van der Waals surface area contributed by atoms with Gasteiger partial charge in [0.2, 0.25) is 5.90 Å². The van der Waals surface area contributed by atoms with Crippen LogP contribution in [-0.2, 0) is 4.74 Å². The first-order valence-electron chi connectivity index (χ1n) is 8.73. The fourth-order valence-electron chi connectivity index (χ4n) is 2.74. The summed E-state index contributed by atoms with van der Waals surface area (Å²) in [5.41, 5.74) is 0.126. The minimum absolute atomic E-state index is 0.111. The molecule has 0 bridgehead atoms. The van der Waals surface area contributed by atoms with Gasteiger partial charge in [-0.1, -0.05) is 43.0 Å². The van der Waals surface area contributed by atoms with E-state index < -0.39 is 22.9 Å². The number of aromatic nitrogens is 1. The minimum Gasteiger partial charge on any atom is -0.481 e. The van der Waals surface area contributed by atoms with Crippen LogP contribution in [0.4, 0.5) is 8.78 Å². The highest BCUT2D eigenvalue weighted by Gasteiger charge is 2.26. The number of halogens is 2. The van der Waals surface area contributed by atoms with Crippen LogP contribution in [0.25, 0.3) is 5.57 Å². The summed E-state index contributed by atoms with van der Waals surface area (Å²) >= 11 is 0. The molecule has 2 N–H and O–H groups in total. The van der Waals surface area contributed by atoms with E-state index in [-0.39, 0.29) is 17.0 Å². The van der Waals surface area contributed by atoms with Crippen LogP contribution in [0.1, 0.15) is 18.2 Å². The van der Waals surface area contributed by atoms with Crippen molar-refractivity contribution in [2.45, 2.75) is 6.92 Å². The second kappa shape index (κ2) is 10.0. The Hall–Kier alpha value is -3.67. The van der Waals surface area contributed by atoms with Crippen molar-refractivity contribution in [2.24, 2.45) is 0 Å². The Labute approximate surface area is 168 Å². The Balaban J connectivity index is 2.93. The van der Waals surface area contributed by atoms with Crippen molar-refractivity contribution >= 4 is 17.2 Å². The number of ether oxygens (including phenoxy) is 1. The molecule has 0 aliphatic carbocycles. The van der Waals surface area contributed by atoms with Gasteiger partial charge in [0.05, 0.1) is 29.7 Å². The van der Waals surface area contributed by atoms with Crippen LogP contribution in [0.15, 0.2) is 84.6 Å². The van der Waals surface area contributed by atoms with Crippen LogP contribution >= 0.6 is 0 Å². The molecule has 0 atom stereocenters. The van der Waals surface area contributed by atoms with Crippen LogP contribution < -0.4 is 0 Å². The van der Waals surface area contributed by atoms with Gasteiger partial charge in [0, 0.05) is 11.8 Å². The van der Waals surface area contributed by atoms with Gasteiger partial charge < -0.3 is 4.74 Å². The summed E-state index contributed by atoms with van der Waals surface area (Å²) in [6, 6.07) is 8.45.